The molecule has 78 valence electrons. The average Bonchev–Trinajstić information content (AvgIpc) is 2.54. The minimum absolute atomic E-state index is 0.114. The number of nitrogens with zero attached hydrogens (tertiary/aromatic N) is 3. The Morgan fingerprint density at radius 2 is 2.43 bits per heavy atom. The number of hydrogen-bond donors (Lipinski definition) is 2. The molecule has 1 aliphatic rings. The Bertz CT molecular complexity index is 440. The summed E-state index contributed by atoms with van der Waals surface area (Å²) < 4.78 is 35.0. The number of nitrogens with two attached hydrogens (primary N) is 1. The first kappa shape index (κ1) is 9.40. The van der Waals surface area contributed by atoms with Crippen LogP contribution in [0.3, 0.4) is 0 Å². The second-order valence-electron chi connectivity index (χ2n) is 2.76. The Hall–Kier alpha value is -1.16. The Labute approximate surface area is 79.8 Å². The fourth-order valence-electron chi connectivity index (χ4n) is 1.28. The van der Waals surface area contributed by atoms with Crippen LogP contribution in [0, 0.1) is 0 Å². The summed E-state index contributed by atoms with van der Waals surface area (Å²) in [5, 5.41) is 4.82. The molecule has 0 saturated heterocycles. The molecule has 0 saturated carbocycles. The SMILES string of the molecule is NC1CN(OS(=O)(=O)O)c2ccnn21. The van der Waals surface area contributed by atoms with E-state index in [2.05, 4.69) is 9.38 Å². The fourth-order valence-corrected chi connectivity index (χ4v) is 1.65. The van der Waals surface area contributed by atoms with Crippen molar-refractivity contribution in [2.24, 2.45) is 5.73 Å². The summed E-state index contributed by atoms with van der Waals surface area (Å²) in [5.41, 5.74) is 5.60. The summed E-state index contributed by atoms with van der Waals surface area (Å²) in [5.74, 6) is 0.384. The van der Waals surface area contributed by atoms with Crippen LogP contribution < -0.4 is 10.8 Å². The highest BCUT2D eigenvalue weighted by molar-refractivity contribution is 7.80. The second kappa shape index (κ2) is 2.92. The lowest BCUT2D eigenvalue weighted by atomic mass is 10.5. The van der Waals surface area contributed by atoms with Crippen LogP contribution in [0.4, 0.5) is 5.82 Å². The van der Waals surface area contributed by atoms with Gasteiger partial charge in [0.2, 0.25) is 0 Å². The van der Waals surface area contributed by atoms with E-state index in [0.717, 1.165) is 5.06 Å². The summed E-state index contributed by atoms with van der Waals surface area (Å²) in [6, 6.07) is 1.53. The molecule has 0 amide bonds. The number of hydroxylamine groups is 1. The third-order valence-electron chi connectivity index (χ3n) is 1.76. The quantitative estimate of drug-likeness (QED) is 0.608. The first-order valence-electron chi connectivity index (χ1n) is 3.71. The fraction of sp³-hybridized carbons (Fsp3) is 0.400. The molecular weight excluding hydrogens is 212 g/mol. The van der Waals surface area contributed by atoms with Gasteiger partial charge in [-0.2, -0.15) is 13.5 Å². The molecule has 1 atom stereocenters. The molecule has 0 fully saturated rings. The monoisotopic (exact) mass is 220 g/mol. The maximum Gasteiger partial charge on any atom is 0.418 e. The summed E-state index contributed by atoms with van der Waals surface area (Å²) in [7, 11) is -4.52. The molecule has 1 aromatic heterocycles. The van der Waals surface area contributed by atoms with E-state index in [4.69, 9.17) is 10.3 Å². The lowest BCUT2D eigenvalue weighted by molar-refractivity contribution is 0.244. The van der Waals surface area contributed by atoms with Gasteiger partial charge in [0.15, 0.2) is 5.82 Å². The molecule has 14 heavy (non-hydrogen) atoms. The molecule has 3 N–H and O–H groups in total. The van der Waals surface area contributed by atoms with Crippen LogP contribution in [-0.4, -0.2) is 29.3 Å². The van der Waals surface area contributed by atoms with Gasteiger partial charge in [0.25, 0.3) is 0 Å². The number of anilines is 1. The van der Waals surface area contributed by atoms with Gasteiger partial charge in [-0.15, -0.1) is 4.28 Å². The lowest BCUT2D eigenvalue weighted by Crippen LogP contribution is -2.28. The van der Waals surface area contributed by atoms with Crippen molar-refractivity contribution >= 4 is 16.2 Å². The van der Waals surface area contributed by atoms with Gasteiger partial charge in [-0.05, 0) is 0 Å². The van der Waals surface area contributed by atoms with Crippen molar-refractivity contribution in [2.75, 3.05) is 11.6 Å². The van der Waals surface area contributed by atoms with Crippen LogP contribution in [0.5, 0.6) is 0 Å². The van der Waals surface area contributed by atoms with Crippen molar-refractivity contribution in [3.05, 3.63) is 12.3 Å². The van der Waals surface area contributed by atoms with Gasteiger partial charge in [0.05, 0.1) is 12.7 Å². The van der Waals surface area contributed by atoms with E-state index in [1.54, 1.807) is 0 Å². The third-order valence-corrected chi connectivity index (χ3v) is 2.12. The Balaban J connectivity index is 2.27. The van der Waals surface area contributed by atoms with Crippen molar-refractivity contribution in [3.8, 4) is 0 Å². The van der Waals surface area contributed by atoms with E-state index in [0.29, 0.717) is 5.82 Å². The van der Waals surface area contributed by atoms with E-state index < -0.39 is 16.6 Å². The zero-order valence-corrected chi connectivity index (χ0v) is 7.75. The van der Waals surface area contributed by atoms with E-state index in [1.807, 2.05) is 0 Å². The van der Waals surface area contributed by atoms with Crippen molar-refractivity contribution in [3.63, 3.8) is 0 Å². The molecule has 2 heterocycles. The van der Waals surface area contributed by atoms with Crippen LogP contribution in [0.15, 0.2) is 12.3 Å². The molecule has 1 aromatic rings. The maximum atomic E-state index is 10.4. The van der Waals surface area contributed by atoms with Crippen LogP contribution in [-0.2, 0) is 14.7 Å². The van der Waals surface area contributed by atoms with Gasteiger partial charge in [0, 0.05) is 6.07 Å². The van der Waals surface area contributed by atoms with Crippen molar-refractivity contribution in [1.82, 2.24) is 9.78 Å². The molecule has 8 nitrogen and oxygen atoms in total. The largest absolute Gasteiger partial charge is 0.418 e. The van der Waals surface area contributed by atoms with Crippen LogP contribution in [0.2, 0.25) is 0 Å². The first-order valence-corrected chi connectivity index (χ1v) is 5.07. The second-order valence-corrected chi connectivity index (χ2v) is 3.77. The molecule has 1 unspecified atom stereocenters. The van der Waals surface area contributed by atoms with Gasteiger partial charge in [-0.1, -0.05) is 0 Å². The molecule has 0 aliphatic carbocycles. The summed E-state index contributed by atoms with van der Waals surface area (Å²) in [6.45, 7) is 0.114. The zero-order chi connectivity index (χ0) is 10.3. The normalized spacial score (nSPS) is 21.3. The Kier molecular flexibility index (Phi) is 1.96. The molecule has 0 aromatic carbocycles. The van der Waals surface area contributed by atoms with Crippen molar-refractivity contribution in [1.29, 1.82) is 0 Å². The van der Waals surface area contributed by atoms with Crippen LogP contribution in [0.25, 0.3) is 0 Å². The highest BCUT2D eigenvalue weighted by Gasteiger charge is 2.30. The van der Waals surface area contributed by atoms with E-state index in [-0.39, 0.29) is 6.54 Å². The molecule has 0 bridgehead atoms. The van der Waals surface area contributed by atoms with E-state index >= 15 is 0 Å². The number of hydrogen-bond acceptors (Lipinski definition) is 6. The molecular formula is C5H8N4O4S. The predicted molar refractivity (Wildman–Crippen MR) is 45.4 cm³/mol. The van der Waals surface area contributed by atoms with Gasteiger partial charge in [-0.25, -0.2) is 9.75 Å². The van der Waals surface area contributed by atoms with Crippen LogP contribution in [0.1, 0.15) is 6.17 Å². The van der Waals surface area contributed by atoms with E-state index in [9.17, 15) is 8.42 Å². The molecule has 1 aliphatic heterocycles. The Morgan fingerprint density at radius 3 is 3.07 bits per heavy atom. The standard InChI is InChI=1S/C5H8N4O4S/c6-4-3-8(13-14(10,11)12)5-1-2-7-9(4)5/h1-2,4H,3,6H2,(H,10,11,12). The van der Waals surface area contributed by atoms with Crippen molar-refractivity contribution in [2.45, 2.75) is 6.17 Å². The minimum atomic E-state index is -4.52. The van der Waals surface area contributed by atoms with Crippen LogP contribution >= 0.6 is 0 Å². The number of aromatic nitrogens is 2. The number of fused-ring (bicyclic) bond motifs is 1. The average molecular weight is 220 g/mol. The smallest absolute Gasteiger partial charge is 0.308 e. The number of rotatable bonds is 2. The highest BCUT2D eigenvalue weighted by atomic mass is 32.3. The predicted octanol–water partition coefficient (Wildman–Crippen LogP) is -1.11. The van der Waals surface area contributed by atoms with Crippen molar-refractivity contribution < 1.29 is 17.3 Å². The van der Waals surface area contributed by atoms with Gasteiger partial charge in [-0.3, -0.25) is 4.55 Å². The summed E-state index contributed by atoms with van der Waals surface area (Å²) in [6.07, 6.45) is 0.969. The lowest BCUT2D eigenvalue weighted by Gasteiger charge is -2.12. The first-order chi connectivity index (χ1) is 6.47. The van der Waals surface area contributed by atoms with Gasteiger partial charge < -0.3 is 5.73 Å². The van der Waals surface area contributed by atoms with Gasteiger partial charge in [0.1, 0.15) is 6.17 Å². The van der Waals surface area contributed by atoms with E-state index in [1.165, 1.54) is 16.9 Å². The molecule has 2 rings (SSSR count). The Morgan fingerprint density at radius 1 is 1.71 bits per heavy atom. The van der Waals surface area contributed by atoms with Gasteiger partial charge >= 0.3 is 10.4 Å². The summed E-state index contributed by atoms with van der Waals surface area (Å²) >= 11 is 0. The summed E-state index contributed by atoms with van der Waals surface area (Å²) in [4.78, 5) is 0. The highest BCUT2D eigenvalue weighted by Crippen LogP contribution is 2.25. The third kappa shape index (κ3) is 1.57. The molecule has 0 spiro atoms. The molecule has 9 heteroatoms. The maximum absolute atomic E-state index is 10.4. The molecule has 0 radical (unpaired) electrons. The topological polar surface area (TPSA) is 111 Å². The zero-order valence-electron chi connectivity index (χ0n) is 6.94. The minimum Gasteiger partial charge on any atom is -0.308 e.